The van der Waals surface area contributed by atoms with Crippen molar-refractivity contribution in [1.82, 2.24) is 33.2 Å². The maximum atomic E-state index is 5.44. The summed E-state index contributed by atoms with van der Waals surface area (Å²) in [6, 6.07) is 102. The van der Waals surface area contributed by atoms with Crippen molar-refractivity contribution in [2.45, 2.75) is 12.6 Å². The molecule has 0 spiro atoms. The molecule has 17 aromatic rings. The van der Waals surface area contributed by atoms with Gasteiger partial charge in [-0.2, -0.15) is 0 Å². The van der Waals surface area contributed by atoms with Gasteiger partial charge in [-0.3, -0.25) is 0 Å². The standard InChI is InChI=1S/C77H49N7/c1-48-38-40-54-55-41-39-51(76-79-74(49-22-6-2-7-23-49)78-75(80-76)50-24-8-3-9-25-50)47-65(55)77(64(54)46-48,83-68-36-20-16-32-58(68)62-44-42-60-56-30-14-18-34-66(56)81(70(60)72(62)83)52-26-10-4-11-27-52)84-69-37-21-17-33-59(69)63-45-43-61-57-31-15-19-35-67(57)82(71(61)73(63)84)53-28-12-5-13-29-53/h2-47H,1H3. The van der Waals surface area contributed by atoms with Crippen LogP contribution in [0.15, 0.2) is 279 Å². The minimum absolute atomic E-state index is 0.592. The molecule has 84 heavy (non-hydrogen) atoms. The topological polar surface area (TPSA) is 58.4 Å². The third-order valence-electron chi connectivity index (χ3n) is 17.8. The average Bonchev–Trinajstić information content (AvgIpc) is 1.50. The quantitative estimate of drug-likeness (QED) is 0.160. The lowest BCUT2D eigenvalue weighted by Gasteiger charge is -2.39. The van der Waals surface area contributed by atoms with Crippen LogP contribution in [0.2, 0.25) is 0 Å². The first-order chi connectivity index (χ1) is 41.6. The highest BCUT2D eigenvalue weighted by molar-refractivity contribution is 6.26. The van der Waals surface area contributed by atoms with E-state index in [1.807, 2.05) is 36.4 Å². The highest BCUT2D eigenvalue weighted by Gasteiger charge is 2.51. The largest absolute Gasteiger partial charge is 0.307 e. The van der Waals surface area contributed by atoms with Crippen molar-refractivity contribution in [2.24, 2.45) is 0 Å². The Bertz CT molecular complexity index is 5270. The third kappa shape index (κ3) is 6.38. The fourth-order valence-electron chi connectivity index (χ4n) is 14.4. The van der Waals surface area contributed by atoms with Crippen LogP contribution in [-0.4, -0.2) is 33.2 Å². The number of hydrogen-bond acceptors (Lipinski definition) is 3. The number of para-hydroxylation sites is 6. The second-order valence-corrected chi connectivity index (χ2v) is 22.3. The van der Waals surface area contributed by atoms with Crippen LogP contribution in [0.25, 0.3) is 144 Å². The van der Waals surface area contributed by atoms with E-state index in [-0.39, 0.29) is 0 Å². The molecule has 1 aliphatic rings. The number of benzene rings is 12. The van der Waals surface area contributed by atoms with Gasteiger partial charge in [0.1, 0.15) is 0 Å². The number of rotatable bonds is 7. The lowest BCUT2D eigenvalue weighted by atomic mass is 9.92. The molecule has 392 valence electrons. The van der Waals surface area contributed by atoms with Gasteiger partial charge in [-0.05, 0) is 72.6 Å². The van der Waals surface area contributed by atoms with Crippen LogP contribution < -0.4 is 0 Å². The third-order valence-corrected chi connectivity index (χ3v) is 17.8. The van der Waals surface area contributed by atoms with E-state index in [1.54, 1.807) is 0 Å². The summed E-state index contributed by atoms with van der Waals surface area (Å²) in [4.78, 5) is 16.1. The molecule has 0 bridgehead atoms. The molecule has 5 heterocycles. The first kappa shape index (κ1) is 46.6. The molecule has 12 aromatic carbocycles. The second-order valence-electron chi connectivity index (χ2n) is 22.3. The highest BCUT2D eigenvalue weighted by atomic mass is 15.3. The fraction of sp³-hybridized carbons (Fsp3) is 0.0260. The Labute approximate surface area is 482 Å². The molecule has 0 N–H and O–H groups in total. The Kier molecular flexibility index (Phi) is 9.80. The lowest BCUT2D eigenvalue weighted by Crippen LogP contribution is -2.42. The van der Waals surface area contributed by atoms with Gasteiger partial charge in [0, 0.05) is 82.3 Å². The SMILES string of the molecule is Cc1ccc2c(c1)C(n1c3ccccc3c3ccc4c5ccccc5n(-c5ccccc5)c4c31)(n1c3ccccc3c3ccc4c5ccccc5n(-c5ccccc5)c4c31)c1cc(-c3nc(-c4ccccc4)nc(-c4ccccc4)n3)ccc1-2. The summed E-state index contributed by atoms with van der Waals surface area (Å²) in [6.07, 6.45) is 0. The normalized spacial score (nSPS) is 12.9. The van der Waals surface area contributed by atoms with E-state index in [4.69, 9.17) is 15.0 Å². The zero-order valence-electron chi connectivity index (χ0n) is 45.7. The first-order valence-electron chi connectivity index (χ1n) is 28.8. The van der Waals surface area contributed by atoms with Gasteiger partial charge >= 0.3 is 0 Å². The maximum Gasteiger partial charge on any atom is 0.176 e. The molecule has 0 amide bonds. The fourth-order valence-corrected chi connectivity index (χ4v) is 14.4. The van der Waals surface area contributed by atoms with E-state index in [0.717, 1.165) is 105 Å². The van der Waals surface area contributed by atoms with Crippen LogP contribution in [0, 0.1) is 6.92 Å². The second kappa shape index (κ2) is 17.7. The minimum atomic E-state index is -1.18. The Balaban J connectivity index is 1.10. The van der Waals surface area contributed by atoms with Gasteiger partial charge in [-0.25, -0.2) is 15.0 Å². The van der Waals surface area contributed by atoms with Crippen LogP contribution >= 0.6 is 0 Å². The summed E-state index contributed by atoms with van der Waals surface area (Å²) in [5, 5.41) is 9.41. The van der Waals surface area contributed by atoms with Crippen molar-refractivity contribution in [2.75, 3.05) is 0 Å². The molecular formula is C77H49N7. The van der Waals surface area contributed by atoms with Crippen LogP contribution in [0.5, 0.6) is 0 Å². The number of aryl methyl sites for hydroxylation is 1. The first-order valence-corrected chi connectivity index (χ1v) is 28.8. The van der Waals surface area contributed by atoms with Crippen molar-refractivity contribution in [1.29, 1.82) is 0 Å². The van der Waals surface area contributed by atoms with E-state index in [1.165, 1.54) is 37.9 Å². The Hall–Kier alpha value is -11.2. The molecule has 7 nitrogen and oxygen atoms in total. The lowest BCUT2D eigenvalue weighted by molar-refractivity contribution is 0.416. The Morgan fingerprint density at radius 2 is 0.619 bits per heavy atom. The van der Waals surface area contributed by atoms with Crippen LogP contribution in [0.3, 0.4) is 0 Å². The van der Waals surface area contributed by atoms with Crippen LogP contribution in [-0.2, 0) is 5.66 Å². The monoisotopic (exact) mass is 1070 g/mol. The molecule has 0 saturated carbocycles. The van der Waals surface area contributed by atoms with Gasteiger partial charge in [-0.15, -0.1) is 0 Å². The molecule has 18 rings (SSSR count). The van der Waals surface area contributed by atoms with Gasteiger partial charge < -0.3 is 18.3 Å². The molecule has 0 atom stereocenters. The molecule has 5 aromatic heterocycles. The van der Waals surface area contributed by atoms with Gasteiger partial charge in [0.05, 0.1) is 44.1 Å². The predicted octanol–water partition coefficient (Wildman–Crippen LogP) is 18.9. The molecule has 0 unspecified atom stereocenters. The molecule has 0 aliphatic heterocycles. The van der Waals surface area contributed by atoms with Gasteiger partial charge in [0.2, 0.25) is 0 Å². The van der Waals surface area contributed by atoms with Gasteiger partial charge in [0.25, 0.3) is 0 Å². The molecular weight excluding hydrogens is 1020 g/mol. The minimum Gasteiger partial charge on any atom is -0.307 e. The summed E-state index contributed by atoms with van der Waals surface area (Å²) in [7, 11) is 0. The Morgan fingerprint density at radius 1 is 0.274 bits per heavy atom. The van der Waals surface area contributed by atoms with E-state index < -0.39 is 5.66 Å². The number of nitrogens with zero attached hydrogens (tertiary/aromatic N) is 7. The summed E-state index contributed by atoms with van der Waals surface area (Å²) in [6.45, 7) is 2.25. The summed E-state index contributed by atoms with van der Waals surface area (Å²) in [5.41, 5.74) is 18.5. The summed E-state index contributed by atoms with van der Waals surface area (Å²) < 4.78 is 10.5. The number of hydrogen-bond donors (Lipinski definition) is 0. The van der Waals surface area contributed by atoms with Crippen molar-refractivity contribution in [3.8, 4) is 56.7 Å². The molecule has 7 heteroatoms. The zero-order valence-corrected chi connectivity index (χ0v) is 45.7. The van der Waals surface area contributed by atoms with Crippen molar-refractivity contribution < 1.29 is 0 Å². The van der Waals surface area contributed by atoms with Crippen LogP contribution in [0.1, 0.15) is 16.7 Å². The number of aromatic nitrogens is 7. The van der Waals surface area contributed by atoms with Crippen molar-refractivity contribution in [3.05, 3.63) is 296 Å². The molecule has 0 radical (unpaired) electrons. The van der Waals surface area contributed by atoms with E-state index in [0.29, 0.717) is 17.5 Å². The average molecular weight is 1070 g/mol. The highest BCUT2D eigenvalue weighted by Crippen LogP contribution is 2.58. The smallest absolute Gasteiger partial charge is 0.176 e. The molecule has 0 saturated heterocycles. The van der Waals surface area contributed by atoms with Gasteiger partial charge in [-0.1, -0.05) is 230 Å². The maximum absolute atomic E-state index is 5.44. The van der Waals surface area contributed by atoms with Crippen LogP contribution in [0.4, 0.5) is 0 Å². The van der Waals surface area contributed by atoms with Gasteiger partial charge in [0.15, 0.2) is 23.1 Å². The predicted molar refractivity (Wildman–Crippen MR) is 345 cm³/mol. The molecule has 1 aliphatic carbocycles. The van der Waals surface area contributed by atoms with E-state index in [2.05, 4.69) is 268 Å². The van der Waals surface area contributed by atoms with E-state index >= 15 is 0 Å². The summed E-state index contributed by atoms with van der Waals surface area (Å²) >= 11 is 0. The van der Waals surface area contributed by atoms with Crippen molar-refractivity contribution >= 4 is 87.2 Å². The zero-order chi connectivity index (χ0) is 55.2. The van der Waals surface area contributed by atoms with Crippen molar-refractivity contribution in [3.63, 3.8) is 0 Å². The Morgan fingerprint density at radius 3 is 1.07 bits per heavy atom. The summed E-state index contributed by atoms with van der Waals surface area (Å²) in [5.74, 6) is 1.82. The number of fused-ring (bicyclic) bond motifs is 17. The van der Waals surface area contributed by atoms with E-state index in [9.17, 15) is 0 Å². The molecule has 0 fully saturated rings.